The SMILES string of the molecule is COc1cccc2[nH]c(C(=O)N[C@@H](CC3CCCCC3)C(=O)N[C@H](C#N)C[C@@H]3CCNC3=O)cc12. The summed E-state index contributed by atoms with van der Waals surface area (Å²) in [6, 6.07) is 7.78. The Kier molecular flexibility index (Phi) is 7.91. The van der Waals surface area contributed by atoms with Gasteiger partial charge in [-0.05, 0) is 43.4 Å². The number of nitrogens with zero attached hydrogens (tertiary/aromatic N) is 1. The van der Waals surface area contributed by atoms with Crippen LogP contribution < -0.4 is 20.7 Å². The van der Waals surface area contributed by atoms with E-state index in [0.29, 0.717) is 36.7 Å². The van der Waals surface area contributed by atoms with Crippen LogP contribution in [-0.4, -0.2) is 48.4 Å². The Morgan fingerprint density at radius 3 is 2.66 bits per heavy atom. The van der Waals surface area contributed by atoms with E-state index in [1.165, 1.54) is 6.42 Å². The van der Waals surface area contributed by atoms with Crippen LogP contribution in [0.3, 0.4) is 0 Å². The highest BCUT2D eigenvalue weighted by Crippen LogP contribution is 2.28. The van der Waals surface area contributed by atoms with Gasteiger partial charge >= 0.3 is 0 Å². The summed E-state index contributed by atoms with van der Waals surface area (Å²) in [5.41, 5.74) is 1.10. The summed E-state index contributed by atoms with van der Waals surface area (Å²) in [7, 11) is 1.58. The lowest BCUT2D eigenvalue weighted by Crippen LogP contribution is -2.50. The molecule has 0 bridgehead atoms. The number of H-pyrrole nitrogens is 1. The van der Waals surface area contributed by atoms with Crippen LogP contribution in [0.5, 0.6) is 5.75 Å². The molecule has 3 amide bonds. The third kappa shape index (κ3) is 5.94. The molecule has 0 radical (unpaired) electrons. The van der Waals surface area contributed by atoms with Crippen molar-refractivity contribution in [3.05, 3.63) is 30.0 Å². The largest absolute Gasteiger partial charge is 0.496 e. The van der Waals surface area contributed by atoms with Gasteiger partial charge in [0.05, 0.1) is 13.2 Å². The Bertz CT molecular complexity index is 1110. The minimum atomic E-state index is -0.792. The number of carbonyl (C=O) groups excluding carboxylic acids is 3. The van der Waals surface area contributed by atoms with Gasteiger partial charge in [0.2, 0.25) is 11.8 Å². The first-order valence-electron chi connectivity index (χ1n) is 12.4. The number of nitriles is 1. The van der Waals surface area contributed by atoms with Crippen molar-refractivity contribution in [2.45, 2.75) is 63.5 Å². The van der Waals surface area contributed by atoms with E-state index in [-0.39, 0.29) is 30.1 Å². The standard InChI is InChI=1S/C26H33N5O4/c1-35-23-9-5-8-20-19(23)14-22(30-20)26(34)31-21(12-16-6-3-2-4-7-16)25(33)29-18(15-27)13-17-10-11-28-24(17)32/h5,8-9,14,16-18,21,30H,2-4,6-7,10-13H2,1H3,(H,28,32)(H,29,33)(H,31,34)/t17-,18-,21-/m0/s1. The first-order valence-corrected chi connectivity index (χ1v) is 12.4. The summed E-state index contributed by atoms with van der Waals surface area (Å²) in [5, 5.41) is 18.8. The lowest BCUT2D eigenvalue weighted by atomic mass is 9.84. The summed E-state index contributed by atoms with van der Waals surface area (Å²) in [6.45, 7) is 0.589. The molecule has 9 nitrogen and oxygen atoms in total. The molecule has 2 fully saturated rings. The molecule has 2 aliphatic rings. The van der Waals surface area contributed by atoms with Crippen molar-refractivity contribution in [1.29, 1.82) is 5.26 Å². The highest BCUT2D eigenvalue weighted by Gasteiger charge is 2.31. The van der Waals surface area contributed by atoms with Crippen molar-refractivity contribution >= 4 is 28.6 Å². The molecule has 1 saturated carbocycles. The molecule has 35 heavy (non-hydrogen) atoms. The third-order valence-electron chi connectivity index (χ3n) is 7.16. The summed E-state index contributed by atoms with van der Waals surface area (Å²) < 4.78 is 5.38. The molecule has 4 N–H and O–H groups in total. The predicted octanol–water partition coefficient (Wildman–Crippen LogP) is 2.78. The van der Waals surface area contributed by atoms with Gasteiger partial charge in [0.25, 0.3) is 5.91 Å². The number of benzene rings is 1. The van der Waals surface area contributed by atoms with E-state index in [0.717, 1.165) is 36.6 Å². The van der Waals surface area contributed by atoms with E-state index in [4.69, 9.17) is 4.74 Å². The van der Waals surface area contributed by atoms with E-state index >= 15 is 0 Å². The summed E-state index contributed by atoms with van der Waals surface area (Å²) >= 11 is 0. The fraction of sp³-hybridized carbons (Fsp3) is 0.538. The summed E-state index contributed by atoms with van der Waals surface area (Å²) in [4.78, 5) is 41.5. The van der Waals surface area contributed by atoms with Gasteiger partial charge < -0.3 is 25.7 Å². The van der Waals surface area contributed by atoms with Gasteiger partial charge in [-0.25, -0.2) is 0 Å². The molecule has 2 aromatic rings. The Morgan fingerprint density at radius 2 is 1.97 bits per heavy atom. The Morgan fingerprint density at radius 1 is 1.17 bits per heavy atom. The van der Waals surface area contributed by atoms with E-state index in [1.807, 2.05) is 18.2 Å². The number of amides is 3. The zero-order chi connectivity index (χ0) is 24.8. The number of rotatable bonds is 9. The maximum Gasteiger partial charge on any atom is 0.268 e. The monoisotopic (exact) mass is 479 g/mol. The number of carbonyl (C=O) groups is 3. The minimum Gasteiger partial charge on any atom is -0.496 e. The molecule has 1 saturated heterocycles. The molecular weight excluding hydrogens is 446 g/mol. The first-order chi connectivity index (χ1) is 17.0. The van der Waals surface area contributed by atoms with Crippen LogP contribution in [0.2, 0.25) is 0 Å². The molecular formula is C26H33N5O4. The Balaban J connectivity index is 1.48. The second kappa shape index (κ2) is 11.3. The molecule has 9 heteroatoms. The van der Waals surface area contributed by atoms with Gasteiger partial charge in [0, 0.05) is 23.4 Å². The molecule has 0 spiro atoms. The number of methoxy groups -OCH3 is 1. The second-order valence-corrected chi connectivity index (χ2v) is 9.57. The molecule has 186 valence electrons. The topological polar surface area (TPSA) is 136 Å². The first kappa shape index (κ1) is 24.6. The lowest BCUT2D eigenvalue weighted by Gasteiger charge is -2.27. The zero-order valence-electron chi connectivity index (χ0n) is 20.1. The Hall–Kier alpha value is -3.54. The second-order valence-electron chi connectivity index (χ2n) is 9.57. The molecule has 1 aliphatic heterocycles. The molecule has 2 heterocycles. The van der Waals surface area contributed by atoms with Crippen LogP contribution >= 0.6 is 0 Å². The number of aromatic nitrogens is 1. The third-order valence-corrected chi connectivity index (χ3v) is 7.16. The van der Waals surface area contributed by atoms with Crippen LogP contribution in [0.15, 0.2) is 24.3 Å². The average Bonchev–Trinajstić information content (AvgIpc) is 3.49. The van der Waals surface area contributed by atoms with Crippen LogP contribution in [0, 0.1) is 23.2 Å². The number of nitrogens with one attached hydrogen (secondary N) is 4. The highest BCUT2D eigenvalue weighted by atomic mass is 16.5. The molecule has 1 aromatic carbocycles. The Labute approximate surface area is 205 Å². The molecule has 0 unspecified atom stereocenters. The molecule has 1 aliphatic carbocycles. The van der Waals surface area contributed by atoms with Crippen LogP contribution in [0.1, 0.15) is 61.9 Å². The van der Waals surface area contributed by atoms with Gasteiger partial charge in [0.15, 0.2) is 0 Å². The number of hydrogen-bond donors (Lipinski definition) is 4. The maximum atomic E-state index is 13.3. The normalized spacial score (nSPS) is 20.0. The van der Waals surface area contributed by atoms with Gasteiger partial charge in [-0.1, -0.05) is 38.2 Å². The van der Waals surface area contributed by atoms with Crippen molar-refractivity contribution in [2.24, 2.45) is 11.8 Å². The van der Waals surface area contributed by atoms with Crippen molar-refractivity contribution in [3.8, 4) is 11.8 Å². The van der Waals surface area contributed by atoms with E-state index < -0.39 is 12.1 Å². The van der Waals surface area contributed by atoms with Crippen molar-refractivity contribution < 1.29 is 19.1 Å². The number of hydrogen-bond acceptors (Lipinski definition) is 5. The zero-order valence-corrected chi connectivity index (χ0v) is 20.1. The lowest BCUT2D eigenvalue weighted by molar-refractivity contribution is -0.125. The van der Waals surface area contributed by atoms with E-state index in [1.54, 1.807) is 13.2 Å². The van der Waals surface area contributed by atoms with E-state index in [2.05, 4.69) is 27.0 Å². The van der Waals surface area contributed by atoms with Crippen molar-refractivity contribution in [2.75, 3.05) is 13.7 Å². The number of fused-ring (bicyclic) bond motifs is 1. The summed E-state index contributed by atoms with van der Waals surface area (Å²) in [6.07, 6.45) is 6.90. The molecule has 4 rings (SSSR count). The van der Waals surface area contributed by atoms with Gasteiger partial charge in [-0.3, -0.25) is 14.4 Å². The van der Waals surface area contributed by atoms with Crippen LogP contribution in [0.4, 0.5) is 0 Å². The summed E-state index contributed by atoms with van der Waals surface area (Å²) in [5.74, 6) is -0.148. The van der Waals surface area contributed by atoms with Crippen molar-refractivity contribution in [1.82, 2.24) is 20.9 Å². The van der Waals surface area contributed by atoms with Crippen LogP contribution in [-0.2, 0) is 9.59 Å². The fourth-order valence-electron chi connectivity index (χ4n) is 5.22. The molecule has 1 aromatic heterocycles. The molecule has 3 atom stereocenters. The van der Waals surface area contributed by atoms with Gasteiger partial charge in [-0.2, -0.15) is 5.26 Å². The fourth-order valence-corrected chi connectivity index (χ4v) is 5.22. The average molecular weight is 480 g/mol. The smallest absolute Gasteiger partial charge is 0.268 e. The predicted molar refractivity (Wildman–Crippen MR) is 131 cm³/mol. The van der Waals surface area contributed by atoms with Crippen molar-refractivity contribution in [3.63, 3.8) is 0 Å². The number of aromatic amines is 1. The quantitative estimate of drug-likeness (QED) is 0.438. The van der Waals surface area contributed by atoms with Gasteiger partial charge in [0.1, 0.15) is 23.5 Å². The maximum absolute atomic E-state index is 13.3. The highest BCUT2D eigenvalue weighted by molar-refractivity contribution is 6.01. The number of ether oxygens (including phenoxy) is 1. The minimum absolute atomic E-state index is 0.0826. The van der Waals surface area contributed by atoms with Gasteiger partial charge in [-0.15, -0.1) is 0 Å². The van der Waals surface area contributed by atoms with E-state index in [9.17, 15) is 19.6 Å². The van der Waals surface area contributed by atoms with Crippen LogP contribution in [0.25, 0.3) is 10.9 Å².